The number of halogens is 1. The molecule has 29 heavy (non-hydrogen) atoms. The van der Waals surface area contributed by atoms with Crippen molar-refractivity contribution in [3.63, 3.8) is 0 Å². The summed E-state index contributed by atoms with van der Waals surface area (Å²) in [6.07, 6.45) is 2.92. The summed E-state index contributed by atoms with van der Waals surface area (Å²) in [6, 6.07) is 26.2. The van der Waals surface area contributed by atoms with Crippen molar-refractivity contribution in [2.24, 2.45) is 0 Å². The van der Waals surface area contributed by atoms with E-state index in [-0.39, 0.29) is 5.97 Å². The Bertz CT molecular complexity index is 1070. The average Bonchev–Trinajstić information content (AvgIpc) is 3.20. The molecule has 1 heterocycles. The van der Waals surface area contributed by atoms with Crippen molar-refractivity contribution in [3.8, 4) is 0 Å². The van der Waals surface area contributed by atoms with Gasteiger partial charge in [-0.15, -0.1) is 0 Å². The standard InChI is InChI=1S/C24H20BrO2PS/c1-24(22-15-16-23(26)27-22,18-9-8-10-19(25)17-18)28(29,20-11-4-2-5-12-20)21-13-6-3-7-14-21/h2-17,22H,1H3. The van der Waals surface area contributed by atoms with Gasteiger partial charge in [0, 0.05) is 16.6 Å². The Morgan fingerprint density at radius 2 is 1.52 bits per heavy atom. The fourth-order valence-electron chi connectivity index (χ4n) is 3.96. The predicted molar refractivity (Wildman–Crippen MR) is 127 cm³/mol. The third kappa shape index (κ3) is 3.44. The first-order valence-electron chi connectivity index (χ1n) is 9.32. The topological polar surface area (TPSA) is 26.3 Å². The van der Waals surface area contributed by atoms with Gasteiger partial charge in [0.15, 0.2) is 0 Å². The Balaban J connectivity index is 2.06. The molecule has 0 saturated heterocycles. The predicted octanol–water partition coefficient (Wildman–Crippen LogP) is 5.28. The molecule has 0 saturated carbocycles. The molecule has 0 bridgehead atoms. The van der Waals surface area contributed by atoms with E-state index in [4.69, 9.17) is 16.5 Å². The first-order chi connectivity index (χ1) is 14.0. The first-order valence-corrected chi connectivity index (χ1v) is 12.9. The maximum atomic E-state index is 12.1. The van der Waals surface area contributed by atoms with Gasteiger partial charge in [0.2, 0.25) is 0 Å². The molecule has 0 radical (unpaired) electrons. The van der Waals surface area contributed by atoms with Crippen LogP contribution in [0, 0.1) is 0 Å². The molecule has 0 amide bonds. The number of rotatable bonds is 5. The van der Waals surface area contributed by atoms with Crippen LogP contribution in [0.25, 0.3) is 0 Å². The molecule has 2 atom stereocenters. The van der Waals surface area contributed by atoms with Crippen molar-refractivity contribution >= 4 is 50.4 Å². The highest BCUT2D eigenvalue weighted by Gasteiger charge is 2.51. The smallest absolute Gasteiger partial charge is 0.331 e. The number of carbonyl (C=O) groups is 1. The van der Waals surface area contributed by atoms with E-state index in [1.807, 2.05) is 54.6 Å². The SMILES string of the molecule is CC(c1cccc(Br)c1)(C1C=CC(=O)O1)P(=S)(c1ccccc1)c1ccccc1. The molecule has 3 aromatic carbocycles. The molecule has 0 N–H and O–H groups in total. The van der Waals surface area contributed by atoms with Crippen LogP contribution in [-0.4, -0.2) is 12.1 Å². The maximum Gasteiger partial charge on any atom is 0.331 e. The zero-order valence-electron chi connectivity index (χ0n) is 15.9. The van der Waals surface area contributed by atoms with E-state index in [9.17, 15) is 4.79 Å². The quantitative estimate of drug-likeness (QED) is 0.365. The number of benzene rings is 3. The van der Waals surface area contributed by atoms with Gasteiger partial charge in [0.25, 0.3) is 0 Å². The summed E-state index contributed by atoms with van der Waals surface area (Å²) >= 11 is 10.2. The maximum absolute atomic E-state index is 12.1. The van der Waals surface area contributed by atoms with Crippen LogP contribution in [0.4, 0.5) is 0 Å². The minimum atomic E-state index is -2.48. The molecule has 2 unspecified atom stereocenters. The second-order valence-electron chi connectivity index (χ2n) is 7.15. The van der Waals surface area contributed by atoms with Crippen molar-refractivity contribution in [1.82, 2.24) is 0 Å². The van der Waals surface area contributed by atoms with Crippen molar-refractivity contribution in [3.05, 3.63) is 107 Å². The molecule has 1 aliphatic heterocycles. The Hall–Kier alpha value is -2.00. The zero-order valence-corrected chi connectivity index (χ0v) is 19.2. The van der Waals surface area contributed by atoms with Crippen LogP contribution in [-0.2, 0) is 26.5 Å². The van der Waals surface area contributed by atoms with Gasteiger partial charge in [-0.05, 0) is 41.3 Å². The van der Waals surface area contributed by atoms with Crippen LogP contribution in [0.2, 0.25) is 0 Å². The van der Waals surface area contributed by atoms with Crippen LogP contribution in [0.5, 0.6) is 0 Å². The Morgan fingerprint density at radius 1 is 0.931 bits per heavy atom. The van der Waals surface area contributed by atoms with Crippen LogP contribution >= 0.6 is 22.0 Å². The number of carbonyl (C=O) groups excluding carboxylic acids is 1. The molecule has 3 aromatic rings. The fourth-order valence-corrected chi connectivity index (χ4v) is 9.27. The summed E-state index contributed by atoms with van der Waals surface area (Å²) in [5.74, 6) is -0.320. The molecule has 2 nitrogen and oxygen atoms in total. The summed E-state index contributed by atoms with van der Waals surface area (Å²) in [5.41, 5.74) is 1.05. The molecule has 5 heteroatoms. The third-order valence-electron chi connectivity index (χ3n) is 5.51. The van der Waals surface area contributed by atoms with E-state index in [2.05, 4.69) is 59.3 Å². The summed E-state index contributed by atoms with van der Waals surface area (Å²) in [5, 5.41) is 1.57. The molecule has 0 spiro atoms. The Morgan fingerprint density at radius 3 is 2.00 bits per heavy atom. The van der Waals surface area contributed by atoms with Gasteiger partial charge in [0.1, 0.15) is 6.10 Å². The van der Waals surface area contributed by atoms with E-state index < -0.39 is 17.3 Å². The molecule has 4 rings (SSSR count). The van der Waals surface area contributed by atoms with Crippen LogP contribution in [0.1, 0.15) is 12.5 Å². The van der Waals surface area contributed by atoms with Gasteiger partial charge in [0.05, 0.1) is 5.16 Å². The van der Waals surface area contributed by atoms with E-state index in [0.29, 0.717) is 0 Å². The molecule has 146 valence electrons. The molecule has 0 fully saturated rings. The third-order valence-corrected chi connectivity index (χ3v) is 12.3. The fraction of sp³-hybridized carbons (Fsp3) is 0.125. The minimum absolute atomic E-state index is 0.320. The van der Waals surface area contributed by atoms with Crippen LogP contribution in [0.3, 0.4) is 0 Å². The van der Waals surface area contributed by atoms with Gasteiger partial charge in [-0.1, -0.05) is 101 Å². The number of cyclic esters (lactones) is 1. The summed E-state index contributed by atoms with van der Waals surface area (Å²) < 4.78 is 6.78. The average molecular weight is 483 g/mol. The number of ether oxygens (including phenoxy) is 1. The molecular formula is C24H20BrO2PS. The lowest BCUT2D eigenvalue weighted by Crippen LogP contribution is -2.42. The van der Waals surface area contributed by atoms with Gasteiger partial charge in [-0.3, -0.25) is 0 Å². The minimum Gasteiger partial charge on any atom is -0.454 e. The van der Waals surface area contributed by atoms with Crippen molar-refractivity contribution in [1.29, 1.82) is 0 Å². The summed E-state index contributed by atoms with van der Waals surface area (Å²) in [4.78, 5) is 12.1. The summed E-state index contributed by atoms with van der Waals surface area (Å²) in [7, 11) is 0. The molecular weight excluding hydrogens is 463 g/mol. The lowest BCUT2D eigenvalue weighted by molar-refractivity contribution is -0.139. The lowest BCUT2D eigenvalue weighted by Gasteiger charge is -2.45. The van der Waals surface area contributed by atoms with Crippen LogP contribution < -0.4 is 10.6 Å². The van der Waals surface area contributed by atoms with Gasteiger partial charge >= 0.3 is 5.97 Å². The number of hydrogen-bond acceptors (Lipinski definition) is 3. The number of esters is 1. The largest absolute Gasteiger partial charge is 0.454 e. The highest BCUT2D eigenvalue weighted by Crippen LogP contribution is 2.64. The first kappa shape index (κ1) is 20.3. The van der Waals surface area contributed by atoms with Crippen LogP contribution in [0.15, 0.2) is 102 Å². The van der Waals surface area contributed by atoms with E-state index >= 15 is 0 Å². The zero-order chi connectivity index (χ0) is 20.5. The van der Waals surface area contributed by atoms with Gasteiger partial charge in [-0.25, -0.2) is 4.79 Å². The second-order valence-corrected chi connectivity index (χ2v) is 12.9. The lowest BCUT2D eigenvalue weighted by atomic mass is 9.94. The van der Waals surface area contributed by atoms with Crippen molar-refractivity contribution < 1.29 is 9.53 Å². The van der Waals surface area contributed by atoms with E-state index in [1.165, 1.54) is 6.08 Å². The highest BCUT2D eigenvalue weighted by atomic mass is 79.9. The Kier molecular flexibility index (Phi) is 5.61. The van der Waals surface area contributed by atoms with E-state index in [0.717, 1.165) is 20.6 Å². The monoisotopic (exact) mass is 482 g/mol. The van der Waals surface area contributed by atoms with Crippen molar-refractivity contribution in [2.75, 3.05) is 0 Å². The Labute approximate surface area is 184 Å². The number of hydrogen-bond donors (Lipinski definition) is 0. The van der Waals surface area contributed by atoms with E-state index in [1.54, 1.807) is 0 Å². The molecule has 0 aromatic heterocycles. The van der Waals surface area contributed by atoms with Crippen molar-refractivity contribution in [2.45, 2.75) is 18.2 Å². The molecule has 0 aliphatic carbocycles. The normalized spacial score (nSPS) is 18.3. The van der Waals surface area contributed by atoms with Gasteiger partial charge in [-0.2, -0.15) is 0 Å². The summed E-state index contributed by atoms with van der Waals surface area (Å²) in [6.45, 7) is 2.14. The molecule has 1 aliphatic rings. The highest BCUT2D eigenvalue weighted by molar-refractivity contribution is 9.10. The van der Waals surface area contributed by atoms with Gasteiger partial charge < -0.3 is 4.74 Å². The second kappa shape index (κ2) is 8.02.